The van der Waals surface area contributed by atoms with Crippen LogP contribution in [0.4, 0.5) is 4.79 Å². The van der Waals surface area contributed by atoms with Gasteiger partial charge in [0.25, 0.3) is 0 Å². The number of carbonyl (C=O) groups excluding carboxylic acids is 1. The maximum atomic E-state index is 12.5. The van der Waals surface area contributed by atoms with Gasteiger partial charge in [-0.1, -0.05) is 207 Å². The molecule has 5 heteroatoms. The van der Waals surface area contributed by atoms with Gasteiger partial charge >= 0.3 is 6.09 Å². The summed E-state index contributed by atoms with van der Waals surface area (Å²) in [6.45, 7) is 7.02. The Bertz CT molecular complexity index is 601. The van der Waals surface area contributed by atoms with Crippen molar-refractivity contribution in [1.82, 2.24) is 5.32 Å². The fourth-order valence-electron chi connectivity index (χ4n) is 6.73. The zero-order valence-corrected chi connectivity index (χ0v) is 33.1. The average molecular weight is 698 g/mol. The molecule has 0 heterocycles. The van der Waals surface area contributed by atoms with Crippen LogP contribution in [0.3, 0.4) is 0 Å². The second-order valence-corrected chi connectivity index (χ2v) is 14.7. The normalized spacial score (nSPS) is 11.8. The third-order valence-corrected chi connectivity index (χ3v) is 9.95. The summed E-state index contributed by atoms with van der Waals surface area (Å²) in [5.41, 5.74) is 0. The summed E-state index contributed by atoms with van der Waals surface area (Å²) < 4.78 is 16.4. The van der Waals surface area contributed by atoms with Crippen molar-refractivity contribution in [2.24, 2.45) is 0 Å². The molecule has 0 aliphatic heterocycles. The van der Waals surface area contributed by atoms with Crippen LogP contribution in [0, 0.1) is 0 Å². The summed E-state index contributed by atoms with van der Waals surface area (Å²) in [7, 11) is 1.68. The molecule has 1 unspecified atom stereocenters. The highest BCUT2D eigenvalue weighted by Crippen LogP contribution is 2.19. The molecular weight excluding hydrogens is 606 g/mol. The van der Waals surface area contributed by atoms with E-state index in [0.29, 0.717) is 26.4 Å². The summed E-state index contributed by atoms with van der Waals surface area (Å²) in [5.74, 6) is 0. The smallest absolute Gasteiger partial charge is 0.407 e. The molecule has 0 bridgehead atoms. The largest absolute Gasteiger partial charge is 0.446 e. The predicted octanol–water partition coefficient (Wildman–Crippen LogP) is 14.7. The van der Waals surface area contributed by atoms with E-state index in [4.69, 9.17) is 14.2 Å². The number of carbonyl (C=O) groups is 1. The van der Waals surface area contributed by atoms with Crippen LogP contribution in [0.25, 0.3) is 0 Å². The van der Waals surface area contributed by atoms with Crippen LogP contribution in [0.1, 0.15) is 240 Å². The number of nitrogens with one attached hydrogen (secondary N) is 1. The Morgan fingerprint density at radius 2 is 0.776 bits per heavy atom. The number of methoxy groups -OCH3 is 1. The molecule has 1 amide bonds. The number of hydrogen-bond acceptors (Lipinski definition) is 4. The van der Waals surface area contributed by atoms with Gasteiger partial charge in [-0.2, -0.15) is 0 Å². The average Bonchev–Trinajstić information content (AvgIpc) is 3.09. The molecule has 0 aliphatic carbocycles. The van der Waals surface area contributed by atoms with Gasteiger partial charge in [0.15, 0.2) is 0 Å². The first-order valence-electron chi connectivity index (χ1n) is 21.8. The zero-order valence-electron chi connectivity index (χ0n) is 33.1. The standard InChI is InChI=1S/C43H87NO4.CH4/c1-4-6-8-10-12-14-16-18-20-22-24-26-28-30-32-34-37-42(48-43(45)44-38-35-39-47-41-40-46-3)36-33-31-29-27-25-23-21-19-17-15-13-11-9-7-5-2;/h42H,4-41H2,1-3H3,(H,44,45);1H4. The van der Waals surface area contributed by atoms with Gasteiger partial charge in [0.1, 0.15) is 6.10 Å². The molecule has 0 saturated carbocycles. The molecule has 296 valence electrons. The predicted molar refractivity (Wildman–Crippen MR) is 216 cm³/mol. The Labute approximate surface area is 308 Å². The van der Waals surface area contributed by atoms with E-state index in [1.165, 1.54) is 199 Å². The van der Waals surface area contributed by atoms with E-state index in [9.17, 15) is 4.79 Å². The second-order valence-electron chi connectivity index (χ2n) is 14.7. The summed E-state index contributed by atoms with van der Waals surface area (Å²) in [6, 6.07) is 0. The zero-order chi connectivity index (χ0) is 34.9. The Morgan fingerprint density at radius 1 is 0.449 bits per heavy atom. The first-order chi connectivity index (χ1) is 23.7. The summed E-state index contributed by atoms with van der Waals surface area (Å²) >= 11 is 0. The molecular formula is C44H91NO4. The maximum absolute atomic E-state index is 12.5. The van der Waals surface area contributed by atoms with Crippen molar-refractivity contribution in [1.29, 1.82) is 0 Å². The lowest BCUT2D eigenvalue weighted by atomic mass is 10.0. The molecule has 1 N–H and O–H groups in total. The Balaban J connectivity index is 0. The van der Waals surface area contributed by atoms with Crippen LogP contribution < -0.4 is 5.32 Å². The molecule has 0 aromatic carbocycles. The van der Waals surface area contributed by atoms with Gasteiger partial charge in [-0.3, -0.25) is 0 Å². The van der Waals surface area contributed by atoms with E-state index in [0.717, 1.165) is 19.3 Å². The molecule has 5 nitrogen and oxygen atoms in total. The van der Waals surface area contributed by atoms with Gasteiger partial charge in [0, 0.05) is 20.3 Å². The Hall–Kier alpha value is -0.810. The number of rotatable bonds is 41. The van der Waals surface area contributed by atoms with Crippen molar-refractivity contribution >= 4 is 6.09 Å². The topological polar surface area (TPSA) is 56.8 Å². The van der Waals surface area contributed by atoms with E-state index >= 15 is 0 Å². The molecule has 0 aromatic heterocycles. The Morgan fingerprint density at radius 3 is 1.10 bits per heavy atom. The van der Waals surface area contributed by atoms with E-state index < -0.39 is 0 Å². The van der Waals surface area contributed by atoms with Crippen molar-refractivity contribution in [2.75, 3.05) is 33.5 Å². The van der Waals surface area contributed by atoms with Gasteiger partial charge in [-0.05, 0) is 32.1 Å². The minimum absolute atomic E-state index is 0. The SMILES string of the molecule is C.CCCCCCCCCCCCCCCCCCC(CCCCCCCCCCCCCCCCC)OC(=O)NCCCOCCOC. The fourth-order valence-corrected chi connectivity index (χ4v) is 6.73. The number of unbranched alkanes of at least 4 members (excludes halogenated alkanes) is 29. The lowest BCUT2D eigenvalue weighted by Crippen LogP contribution is -2.30. The minimum atomic E-state index is -0.255. The van der Waals surface area contributed by atoms with Gasteiger partial charge < -0.3 is 19.5 Å². The monoisotopic (exact) mass is 698 g/mol. The first-order valence-corrected chi connectivity index (χ1v) is 21.8. The van der Waals surface area contributed by atoms with Crippen LogP contribution in [0.15, 0.2) is 0 Å². The minimum Gasteiger partial charge on any atom is -0.446 e. The first kappa shape index (κ1) is 50.3. The van der Waals surface area contributed by atoms with E-state index in [1.54, 1.807) is 7.11 Å². The van der Waals surface area contributed by atoms with E-state index in [1.807, 2.05) is 0 Å². The lowest BCUT2D eigenvalue weighted by Gasteiger charge is -2.18. The van der Waals surface area contributed by atoms with Crippen LogP contribution in [0.2, 0.25) is 0 Å². The Kier molecular flexibility index (Phi) is 46.4. The van der Waals surface area contributed by atoms with Crippen molar-refractivity contribution < 1.29 is 19.0 Å². The summed E-state index contributed by atoms with van der Waals surface area (Å²) in [4.78, 5) is 12.5. The number of amides is 1. The molecule has 0 radical (unpaired) electrons. The van der Waals surface area contributed by atoms with Crippen molar-refractivity contribution in [3.63, 3.8) is 0 Å². The van der Waals surface area contributed by atoms with Gasteiger partial charge in [0.2, 0.25) is 0 Å². The van der Waals surface area contributed by atoms with Gasteiger partial charge in [-0.15, -0.1) is 0 Å². The van der Waals surface area contributed by atoms with Crippen LogP contribution in [-0.4, -0.2) is 45.7 Å². The maximum Gasteiger partial charge on any atom is 0.407 e. The summed E-state index contributed by atoms with van der Waals surface area (Å²) in [5, 5.41) is 2.94. The van der Waals surface area contributed by atoms with E-state index in [2.05, 4.69) is 19.2 Å². The van der Waals surface area contributed by atoms with Crippen LogP contribution in [-0.2, 0) is 14.2 Å². The van der Waals surface area contributed by atoms with Crippen molar-refractivity contribution in [3.05, 3.63) is 0 Å². The molecule has 0 aliphatic rings. The molecule has 1 atom stereocenters. The molecule has 0 aromatic rings. The highest BCUT2D eigenvalue weighted by atomic mass is 16.6. The molecule has 0 saturated heterocycles. The third kappa shape index (κ3) is 43.3. The quantitative estimate of drug-likeness (QED) is 0.0646. The van der Waals surface area contributed by atoms with E-state index in [-0.39, 0.29) is 19.6 Å². The number of ether oxygens (including phenoxy) is 3. The molecule has 0 rings (SSSR count). The highest BCUT2D eigenvalue weighted by Gasteiger charge is 2.14. The van der Waals surface area contributed by atoms with Crippen LogP contribution in [0.5, 0.6) is 0 Å². The highest BCUT2D eigenvalue weighted by molar-refractivity contribution is 5.67. The van der Waals surface area contributed by atoms with Gasteiger partial charge in [-0.25, -0.2) is 4.79 Å². The lowest BCUT2D eigenvalue weighted by molar-refractivity contribution is 0.0670. The van der Waals surface area contributed by atoms with Crippen molar-refractivity contribution in [2.45, 2.75) is 246 Å². The van der Waals surface area contributed by atoms with Crippen LogP contribution >= 0.6 is 0 Å². The second kappa shape index (κ2) is 45.2. The summed E-state index contributed by atoms with van der Waals surface area (Å²) in [6.07, 6.45) is 45.4. The van der Waals surface area contributed by atoms with Crippen molar-refractivity contribution in [3.8, 4) is 0 Å². The van der Waals surface area contributed by atoms with Gasteiger partial charge in [0.05, 0.1) is 13.2 Å². The molecule has 0 fully saturated rings. The molecule has 0 spiro atoms. The molecule has 49 heavy (non-hydrogen) atoms. The fraction of sp³-hybridized carbons (Fsp3) is 0.977. The number of alkyl carbamates (subject to hydrolysis) is 1. The number of hydrogen-bond donors (Lipinski definition) is 1. The third-order valence-electron chi connectivity index (χ3n) is 9.95.